The Kier molecular flexibility index (Phi) is 6.47. The average molecular weight is 382 g/mol. The van der Waals surface area contributed by atoms with E-state index >= 15 is 0 Å². The first kappa shape index (κ1) is 19.7. The first-order valence-electron chi connectivity index (χ1n) is 7.83. The standard InChI is InChI=1S/C17H24N2O4P2/c1-18-24(3,20)22-16-9-5-14(6-10-16)13-15-7-11-17(12-8-15)23-25(4,21)19-2/h5-12H,13H2,1-4H3,(H,18,20)(H,19,21). The summed E-state index contributed by atoms with van der Waals surface area (Å²) < 4.78 is 34.7. The van der Waals surface area contributed by atoms with E-state index in [1.165, 1.54) is 13.3 Å². The van der Waals surface area contributed by atoms with Crippen molar-refractivity contribution in [2.24, 2.45) is 0 Å². The van der Waals surface area contributed by atoms with Crippen LogP contribution < -0.4 is 19.2 Å². The second-order valence-electron chi connectivity index (χ2n) is 5.79. The van der Waals surface area contributed by atoms with E-state index in [4.69, 9.17) is 9.05 Å². The van der Waals surface area contributed by atoms with Gasteiger partial charge in [0.05, 0.1) is 0 Å². The van der Waals surface area contributed by atoms with Gasteiger partial charge in [0, 0.05) is 13.3 Å². The minimum Gasteiger partial charge on any atom is -0.433 e. The lowest BCUT2D eigenvalue weighted by atomic mass is 10.1. The van der Waals surface area contributed by atoms with Crippen molar-refractivity contribution in [1.29, 1.82) is 0 Å². The molecule has 0 aliphatic carbocycles. The van der Waals surface area contributed by atoms with Crippen molar-refractivity contribution >= 4 is 15.0 Å². The van der Waals surface area contributed by atoms with Crippen molar-refractivity contribution in [2.75, 3.05) is 27.4 Å². The Balaban J connectivity index is 2.00. The summed E-state index contributed by atoms with van der Waals surface area (Å²) in [4.78, 5) is 0. The van der Waals surface area contributed by atoms with Crippen molar-refractivity contribution in [3.05, 3.63) is 59.7 Å². The summed E-state index contributed by atoms with van der Waals surface area (Å²) >= 11 is 0. The highest BCUT2D eigenvalue weighted by Gasteiger charge is 2.14. The van der Waals surface area contributed by atoms with Crippen molar-refractivity contribution in [3.8, 4) is 11.5 Å². The monoisotopic (exact) mass is 382 g/mol. The van der Waals surface area contributed by atoms with Crippen LogP contribution in [0.1, 0.15) is 11.1 Å². The third-order valence-electron chi connectivity index (χ3n) is 3.63. The second kappa shape index (κ2) is 8.20. The van der Waals surface area contributed by atoms with Gasteiger partial charge in [0.25, 0.3) is 0 Å². The fraction of sp³-hybridized carbons (Fsp3) is 0.294. The van der Waals surface area contributed by atoms with Crippen molar-refractivity contribution in [2.45, 2.75) is 6.42 Å². The number of hydrogen-bond donors (Lipinski definition) is 2. The number of benzene rings is 2. The molecule has 136 valence electrons. The molecule has 0 aromatic heterocycles. The molecule has 25 heavy (non-hydrogen) atoms. The lowest BCUT2D eigenvalue weighted by Gasteiger charge is -2.14. The van der Waals surface area contributed by atoms with Crippen LogP contribution in [0.3, 0.4) is 0 Å². The molecular formula is C17H24N2O4P2. The lowest BCUT2D eigenvalue weighted by molar-refractivity contribution is 0.477. The van der Waals surface area contributed by atoms with Crippen molar-refractivity contribution in [3.63, 3.8) is 0 Å². The van der Waals surface area contributed by atoms with E-state index in [1.54, 1.807) is 38.4 Å². The molecule has 2 N–H and O–H groups in total. The molecule has 0 aliphatic rings. The summed E-state index contributed by atoms with van der Waals surface area (Å²) in [5.41, 5.74) is 2.21. The van der Waals surface area contributed by atoms with Crippen molar-refractivity contribution in [1.82, 2.24) is 10.2 Å². The second-order valence-corrected chi connectivity index (χ2v) is 10.4. The molecule has 0 saturated carbocycles. The highest BCUT2D eigenvalue weighted by molar-refractivity contribution is 7.56. The zero-order valence-corrected chi connectivity index (χ0v) is 16.6. The largest absolute Gasteiger partial charge is 0.433 e. The molecule has 2 unspecified atom stereocenters. The summed E-state index contributed by atoms with van der Waals surface area (Å²) in [6.45, 7) is 3.07. The molecule has 0 saturated heterocycles. The molecule has 0 spiro atoms. The third-order valence-corrected chi connectivity index (χ3v) is 6.37. The maximum atomic E-state index is 11.9. The zero-order valence-electron chi connectivity index (χ0n) is 14.9. The molecule has 0 aliphatic heterocycles. The first-order chi connectivity index (χ1) is 11.7. The Hall–Kier alpha value is -1.58. The quantitative estimate of drug-likeness (QED) is 0.669. The van der Waals surface area contributed by atoms with Gasteiger partial charge in [0.15, 0.2) is 0 Å². The van der Waals surface area contributed by atoms with Gasteiger partial charge < -0.3 is 9.05 Å². The summed E-state index contributed by atoms with van der Waals surface area (Å²) in [5.74, 6) is 1.14. The molecule has 6 nitrogen and oxygen atoms in total. The fourth-order valence-corrected chi connectivity index (χ4v) is 3.30. The maximum Gasteiger partial charge on any atom is 0.313 e. The van der Waals surface area contributed by atoms with Crippen LogP contribution in [0.2, 0.25) is 0 Å². The van der Waals surface area contributed by atoms with Crippen LogP contribution in [0.25, 0.3) is 0 Å². The van der Waals surface area contributed by atoms with Crippen LogP contribution in [-0.2, 0) is 15.6 Å². The summed E-state index contributed by atoms with van der Waals surface area (Å²) in [6, 6.07) is 15.0. The van der Waals surface area contributed by atoms with E-state index in [2.05, 4.69) is 10.2 Å². The number of hydrogen-bond acceptors (Lipinski definition) is 4. The van der Waals surface area contributed by atoms with E-state index in [0.717, 1.165) is 17.5 Å². The van der Waals surface area contributed by atoms with Gasteiger partial charge in [-0.05, 0) is 55.9 Å². The molecule has 2 atom stereocenters. The van der Waals surface area contributed by atoms with E-state index in [1.807, 2.05) is 24.3 Å². The fourth-order valence-electron chi connectivity index (χ4n) is 2.07. The smallest absolute Gasteiger partial charge is 0.313 e. The third kappa shape index (κ3) is 6.33. The Morgan fingerprint density at radius 3 is 1.32 bits per heavy atom. The molecule has 0 fully saturated rings. The molecule has 0 bridgehead atoms. The highest BCUT2D eigenvalue weighted by Crippen LogP contribution is 2.38. The molecule has 0 radical (unpaired) electrons. The lowest BCUT2D eigenvalue weighted by Crippen LogP contribution is -2.07. The minimum atomic E-state index is -2.79. The predicted molar refractivity (Wildman–Crippen MR) is 102 cm³/mol. The van der Waals surface area contributed by atoms with E-state index in [-0.39, 0.29) is 0 Å². The van der Waals surface area contributed by atoms with Crippen LogP contribution in [0.5, 0.6) is 11.5 Å². The first-order valence-corrected chi connectivity index (χ1v) is 12.0. The number of nitrogens with one attached hydrogen (secondary N) is 2. The SMILES string of the molecule is CNP(C)(=O)Oc1ccc(Cc2ccc(OP(C)(=O)NC)cc2)cc1. The van der Waals surface area contributed by atoms with Gasteiger partial charge in [0.2, 0.25) is 0 Å². The normalized spacial score (nSPS) is 15.8. The van der Waals surface area contributed by atoms with Crippen molar-refractivity contribution < 1.29 is 18.2 Å². The molecule has 0 heterocycles. The molecule has 2 rings (SSSR count). The molecule has 2 aromatic rings. The Morgan fingerprint density at radius 1 is 0.720 bits per heavy atom. The number of rotatable bonds is 8. The van der Waals surface area contributed by atoms with Gasteiger partial charge in [-0.3, -0.25) is 9.13 Å². The predicted octanol–water partition coefficient (Wildman–Crippen LogP) is 4.12. The Bertz CT molecular complexity index is 724. The zero-order chi connectivity index (χ0) is 18.5. The van der Waals surface area contributed by atoms with Crippen LogP contribution in [0.4, 0.5) is 0 Å². The van der Waals surface area contributed by atoms with Crippen LogP contribution in [0, 0.1) is 0 Å². The Labute approximate surface area is 149 Å². The summed E-state index contributed by atoms with van der Waals surface area (Å²) in [5, 5.41) is 5.33. The maximum absolute atomic E-state index is 11.9. The van der Waals surface area contributed by atoms with Gasteiger partial charge in [-0.1, -0.05) is 24.3 Å². The van der Waals surface area contributed by atoms with Gasteiger partial charge in [-0.25, -0.2) is 10.2 Å². The van der Waals surface area contributed by atoms with Gasteiger partial charge in [0.1, 0.15) is 11.5 Å². The van der Waals surface area contributed by atoms with Crippen LogP contribution in [0.15, 0.2) is 48.5 Å². The molecule has 8 heteroatoms. The molecular weight excluding hydrogens is 358 g/mol. The highest BCUT2D eigenvalue weighted by atomic mass is 31.2. The van der Waals surface area contributed by atoms with E-state index in [9.17, 15) is 9.13 Å². The average Bonchev–Trinajstić information content (AvgIpc) is 2.58. The van der Waals surface area contributed by atoms with Crippen LogP contribution >= 0.6 is 15.0 Å². The van der Waals surface area contributed by atoms with Gasteiger partial charge in [-0.2, -0.15) is 0 Å². The molecule has 2 aromatic carbocycles. The Morgan fingerprint density at radius 2 is 1.04 bits per heavy atom. The van der Waals surface area contributed by atoms with Gasteiger partial charge >= 0.3 is 15.0 Å². The summed E-state index contributed by atoms with van der Waals surface area (Å²) in [7, 11) is -2.37. The molecule has 0 amide bonds. The van der Waals surface area contributed by atoms with Crippen LogP contribution in [-0.4, -0.2) is 27.4 Å². The summed E-state index contributed by atoms with van der Waals surface area (Å²) in [6.07, 6.45) is 0.742. The minimum absolute atomic E-state index is 0.568. The van der Waals surface area contributed by atoms with E-state index < -0.39 is 15.0 Å². The van der Waals surface area contributed by atoms with Gasteiger partial charge in [-0.15, -0.1) is 0 Å². The topological polar surface area (TPSA) is 76.7 Å². The van der Waals surface area contributed by atoms with E-state index in [0.29, 0.717) is 11.5 Å².